The molecule has 23 heavy (non-hydrogen) atoms. The summed E-state index contributed by atoms with van der Waals surface area (Å²) < 4.78 is 4.73. The maximum absolute atomic E-state index is 11.9. The van der Waals surface area contributed by atoms with Crippen LogP contribution in [0.15, 0.2) is 18.3 Å². The summed E-state index contributed by atoms with van der Waals surface area (Å²) in [7, 11) is 1.29. The van der Waals surface area contributed by atoms with Crippen LogP contribution in [0.25, 0.3) is 0 Å². The van der Waals surface area contributed by atoms with Gasteiger partial charge in [-0.25, -0.2) is 14.8 Å². The van der Waals surface area contributed by atoms with Crippen LogP contribution in [0, 0.1) is 0 Å². The van der Waals surface area contributed by atoms with Crippen molar-refractivity contribution in [2.45, 2.75) is 25.3 Å². The standard InChI is InChI=1S/C15H14Cl2N4O2/c1-23-15(22)12-11(17)14(21-13(20-12)8-4-5-8)19-7-10-9(16)3-2-6-18-10/h2-3,6,8H,4-5,7H2,1H3,(H,19,20,21). The molecule has 0 unspecified atom stereocenters. The Morgan fingerprint density at radius 2 is 2.17 bits per heavy atom. The predicted molar refractivity (Wildman–Crippen MR) is 86.9 cm³/mol. The lowest BCUT2D eigenvalue weighted by Gasteiger charge is -2.12. The molecule has 8 heteroatoms. The van der Waals surface area contributed by atoms with Crippen LogP contribution in [0.1, 0.15) is 40.8 Å². The van der Waals surface area contributed by atoms with Crippen molar-refractivity contribution in [1.82, 2.24) is 15.0 Å². The molecule has 2 aromatic rings. The summed E-state index contributed by atoms with van der Waals surface area (Å²) in [4.78, 5) is 24.7. The highest BCUT2D eigenvalue weighted by molar-refractivity contribution is 6.35. The number of esters is 1. The Balaban J connectivity index is 1.89. The number of carbonyl (C=O) groups is 1. The van der Waals surface area contributed by atoms with Crippen molar-refractivity contribution >= 4 is 35.0 Å². The highest BCUT2D eigenvalue weighted by Gasteiger charge is 2.30. The maximum Gasteiger partial charge on any atom is 0.358 e. The first-order chi connectivity index (χ1) is 11.1. The van der Waals surface area contributed by atoms with Gasteiger partial charge in [0.15, 0.2) is 5.69 Å². The molecule has 1 aliphatic carbocycles. The number of anilines is 1. The lowest BCUT2D eigenvalue weighted by atomic mass is 10.3. The lowest BCUT2D eigenvalue weighted by molar-refractivity contribution is 0.0593. The van der Waals surface area contributed by atoms with Gasteiger partial charge in [-0.2, -0.15) is 0 Å². The fourth-order valence-corrected chi connectivity index (χ4v) is 2.47. The Hall–Kier alpha value is -1.92. The molecule has 2 aromatic heterocycles. The molecule has 2 heterocycles. The molecule has 1 fully saturated rings. The van der Waals surface area contributed by atoms with E-state index in [-0.39, 0.29) is 16.6 Å². The Kier molecular flexibility index (Phi) is 4.63. The Morgan fingerprint density at radius 3 is 2.83 bits per heavy atom. The number of hydrogen-bond acceptors (Lipinski definition) is 6. The number of halogens is 2. The zero-order chi connectivity index (χ0) is 16.4. The molecule has 120 valence electrons. The molecular formula is C15H14Cl2N4O2. The predicted octanol–water partition coefficient (Wildman–Crippen LogP) is 3.45. The van der Waals surface area contributed by atoms with Gasteiger partial charge in [-0.05, 0) is 25.0 Å². The molecule has 0 atom stereocenters. The number of nitrogens with zero attached hydrogens (tertiary/aromatic N) is 3. The van der Waals surface area contributed by atoms with E-state index < -0.39 is 5.97 Å². The molecule has 3 rings (SSSR count). The number of nitrogens with one attached hydrogen (secondary N) is 1. The number of pyridine rings is 1. The molecule has 0 amide bonds. The number of hydrogen-bond donors (Lipinski definition) is 1. The van der Waals surface area contributed by atoms with Crippen LogP contribution in [-0.2, 0) is 11.3 Å². The number of ether oxygens (including phenoxy) is 1. The van der Waals surface area contributed by atoms with Gasteiger partial charge >= 0.3 is 5.97 Å². The Morgan fingerprint density at radius 1 is 1.39 bits per heavy atom. The van der Waals surface area contributed by atoms with Gasteiger partial charge in [0, 0.05) is 12.1 Å². The van der Waals surface area contributed by atoms with E-state index >= 15 is 0 Å². The zero-order valence-electron chi connectivity index (χ0n) is 12.3. The van der Waals surface area contributed by atoms with Crippen LogP contribution in [0.5, 0.6) is 0 Å². The largest absolute Gasteiger partial charge is 0.464 e. The molecule has 1 N–H and O–H groups in total. The highest BCUT2D eigenvalue weighted by Crippen LogP contribution is 2.39. The first-order valence-electron chi connectivity index (χ1n) is 7.09. The first kappa shape index (κ1) is 16.0. The molecule has 0 bridgehead atoms. The van der Waals surface area contributed by atoms with Gasteiger partial charge in [0.1, 0.15) is 16.7 Å². The molecule has 0 aliphatic heterocycles. The summed E-state index contributed by atoms with van der Waals surface area (Å²) in [6.07, 6.45) is 3.67. The summed E-state index contributed by atoms with van der Waals surface area (Å²) in [5.74, 6) is 0.669. The molecular weight excluding hydrogens is 339 g/mol. The second kappa shape index (κ2) is 6.68. The molecule has 1 aliphatic rings. The van der Waals surface area contributed by atoms with Gasteiger partial charge in [0.25, 0.3) is 0 Å². The molecule has 0 saturated heterocycles. The summed E-state index contributed by atoms with van der Waals surface area (Å²) in [6.45, 7) is 0.334. The van der Waals surface area contributed by atoms with E-state index in [9.17, 15) is 4.79 Å². The number of carbonyl (C=O) groups excluding carboxylic acids is 1. The normalized spacial score (nSPS) is 13.7. The molecule has 0 radical (unpaired) electrons. The molecule has 6 nitrogen and oxygen atoms in total. The number of rotatable bonds is 5. The smallest absolute Gasteiger partial charge is 0.358 e. The molecule has 0 aromatic carbocycles. The van der Waals surface area contributed by atoms with Gasteiger partial charge in [-0.3, -0.25) is 4.98 Å². The molecule has 1 saturated carbocycles. The fraction of sp³-hybridized carbons (Fsp3) is 0.333. The van der Waals surface area contributed by atoms with E-state index in [1.165, 1.54) is 7.11 Å². The van der Waals surface area contributed by atoms with Crippen LogP contribution >= 0.6 is 23.2 Å². The third-order valence-corrected chi connectivity index (χ3v) is 4.15. The topological polar surface area (TPSA) is 77.0 Å². The molecule has 0 spiro atoms. The van der Waals surface area contributed by atoms with Gasteiger partial charge in [-0.15, -0.1) is 0 Å². The van der Waals surface area contributed by atoms with E-state index in [0.717, 1.165) is 12.8 Å². The minimum Gasteiger partial charge on any atom is -0.464 e. The van der Waals surface area contributed by atoms with E-state index in [1.54, 1.807) is 18.3 Å². The summed E-state index contributed by atoms with van der Waals surface area (Å²) in [6, 6.07) is 3.51. The van der Waals surface area contributed by atoms with Gasteiger partial charge in [-0.1, -0.05) is 23.2 Å². The van der Waals surface area contributed by atoms with Crippen molar-refractivity contribution < 1.29 is 9.53 Å². The second-order valence-electron chi connectivity index (χ2n) is 5.14. The highest BCUT2D eigenvalue weighted by atomic mass is 35.5. The van der Waals surface area contributed by atoms with Crippen LogP contribution < -0.4 is 5.32 Å². The number of aromatic nitrogens is 3. The lowest BCUT2D eigenvalue weighted by Crippen LogP contribution is -2.13. The quantitative estimate of drug-likeness (QED) is 0.830. The van der Waals surface area contributed by atoms with Crippen LogP contribution in [0.2, 0.25) is 10.0 Å². The van der Waals surface area contributed by atoms with Gasteiger partial charge in [0.05, 0.1) is 24.4 Å². The minimum atomic E-state index is -0.585. The van der Waals surface area contributed by atoms with E-state index in [2.05, 4.69) is 20.3 Å². The van der Waals surface area contributed by atoms with Gasteiger partial charge < -0.3 is 10.1 Å². The van der Waals surface area contributed by atoms with E-state index in [1.807, 2.05) is 0 Å². The van der Waals surface area contributed by atoms with Crippen LogP contribution in [0.3, 0.4) is 0 Å². The zero-order valence-corrected chi connectivity index (χ0v) is 13.9. The van der Waals surface area contributed by atoms with Crippen molar-refractivity contribution in [3.05, 3.63) is 45.6 Å². The van der Waals surface area contributed by atoms with Crippen molar-refractivity contribution in [2.75, 3.05) is 12.4 Å². The SMILES string of the molecule is COC(=O)c1nc(C2CC2)nc(NCc2ncccc2Cl)c1Cl. The average molecular weight is 353 g/mol. The first-order valence-corrected chi connectivity index (χ1v) is 7.84. The van der Waals surface area contributed by atoms with Crippen LogP contribution in [-0.4, -0.2) is 28.0 Å². The Labute approximate surface area is 143 Å². The van der Waals surface area contributed by atoms with Crippen molar-refractivity contribution in [3.8, 4) is 0 Å². The average Bonchev–Trinajstić information content (AvgIpc) is 3.39. The second-order valence-corrected chi connectivity index (χ2v) is 5.93. The Bertz CT molecular complexity index is 750. The monoisotopic (exact) mass is 352 g/mol. The third kappa shape index (κ3) is 3.54. The van der Waals surface area contributed by atoms with Crippen LogP contribution in [0.4, 0.5) is 5.82 Å². The van der Waals surface area contributed by atoms with Crippen molar-refractivity contribution in [1.29, 1.82) is 0 Å². The van der Waals surface area contributed by atoms with Crippen molar-refractivity contribution in [2.24, 2.45) is 0 Å². The van der Waals surface area contributed by atoms with Crippen molar-refractivity contribution in [3.63, 3.8) is 0 Å². The number of methoxy groups -OCH3 is 1. The fourth-order valence-electron chi connectivity index (χ4n) is 2.05. The maximum atomic E-state index is 11.9. The van der Waals surface area contributed by atoms with E-state index in [4.69, 9.17) is 27.9 Å². The third-order valence-electron chi connectivity index (χ3n) is 3.45. The summed E-state index contributed by atoms with van der Waals surface area (Å²) >= 11 is 12.3. The van der Waals surface area contributed by atoms with Gasteiger partial charge in [0.2, 0.25) is 0 Å². The summed E-state index contributed by atoms with van der Waals surface area (Å²) in [5, 5.41) is 3.75. The van der Waals surface area contributed by atoms with E-state index in [0.29, 0.717) is 28.9 Å². The summed E-state index contributed by atoms with van der Waals surface area (Å²) in [5.41, 5.74) is 0.733. The minimum absolute atomic E-state index is 0.0701.